The van der Waals surface area contributed by atoms with Crippen molar-refractivity contribution in [3.05, 3.63) is 55.6 Å². The SMILES string of the molecule is BrCCCCCCC1(CCCCCCBr)c2cc(Br)ccc2-c2ccc(I)cc21. The second-order valence-electron chi connectivity index (χ2n) is 8.17. The molecular formula is C25H30Br3I. The molecule has 29 heavy (non-hydrogen) atoms. The van der Waals surface area contributed by atoms with Gasteiger partial charge in [-0.05, 0) is 94.8 Å². The number of benzene rings is 2. The summed E-state index contributed by atoms with van der Waals surface area (Å²) in [5.74, 6) is 0. The Morgan fingerprint density at radius 3 is 1.76 bits per heavy atom. The highest BCUT2D eigenvalue weighted by molar-refractivity contribution is 14.1. The number of unbranched alkanes of at least 4 members (excludes halogenated alkanes) is 6. The highest BCUT2D eigenvalue weighted by Crippen LogP contribution is 2.55. The van der Waals surface area contributed by atoms with Crippen LogP contribution < -0.4 is 0 Å². The van der Waals surface area contributed by atoms with Gasteiger partial charge in [-0.2, -0.15) is 0 Å². The number of hydrogen-bond donors (Lipinski definition) is 0. The van der Waals surface area contributed by atoms with Crippen LogP contribution in [0.2, 0.25) is 0 Å². The maximum atomic E-state index is 3.77. The summed E-state index contributed by atoms with van der Waals surface area (Å²) in [5.41, 5.74) is 6.25. The smallest absolute Gasteiger partial charge is 0.0216 e. The molecule has 0 N–H and O–H groups in total. The minimum Gasteiger partial charge on any atom is -0.0928 e. The average Bonchev–Trinajstić information content (AvgIpc) is 2.96. The van der Waals surface area contributed by atoms with E-state index in [0.29, 0.717) is 0 Å². The molecule has 1 aliphatic rings. The maximum absolute atomic E-state index is 3.77. The van der Waals surface area contributed by atoms with Gasteiger partial charge < -0.3 is 0 Å². The average molecular weight is 697 g/mol. The molecular weight excluding hydrogens is 667 g/mol. The van der Waals surface area contributed by atoms with Crippen molar-refractivity contribution in [1.29, 1.82) is 0 Å². The first kappa shape index (κ1) is 24.3. The first-order valence-electron chi connectivity index (χ1n) is 10.8. The number of alkyl halides is 2. The summed E-state index contributed by atoms with van der Waals surface area (Å²) in [7, 11) is 0. The molecule has 0 aromatic heterocycles. The molecule has 0 heterocycles. The minimum atomic E-state index is 0.179. The Balaban J connectivity index is 1.93. The van der Waals surface area contributed by atoms with Gasteiger partial charge in [-0.25, -0.2) is 0 Å². The van der Waals surface area contributed by atoms with E-state index in [4.69, 9.17) is 0 Å². The van der Waals surface area contributed by atoms with Crippen LogP contribution >= 0.6 is 70.4 Å². The van der Waals surface area contributed by atoms with E-state index in [1.807, 2.05) is 0 Å². The third kappa shape index (κ3) is 5.90. The third-order valence-corrected chi connectivity index (χ3v) is 8.54. The van der Waals surface area contributed by atoms with Gasteiger partial charge in [0.15, 0.2) is 0 Å². The van der Waals surface area contributed by atoms with E-state index in [0.717, 1.165) is 10.7 Å². The van der Waals surface area contributed by atoms with Gasteiger partial charge in [0, 0.05) is 24.1 Å². The molecule has 1 aliphatic carbocycles. The van der Waals surface area contributed by atoms with Gasteiger partial charge in [0.2, 0.25) is 0 Å². The Hall–Kier alpha value is 0.610. The first-order valence-corrected chi connectivity index (χ1v) is 15.0. The molecule has 0 spiro atoms. The Labute approximate surface area is 215 Å². The van der Waals surface area contributed by atoms with Crippen LogP contribution in [0, 0.1) is 3.57 Å². The minimum absolute atomic E-state index is 0.179. The van der Waals surface area contributed by atoms with Crippen LogP contribution in [0.3, 0.4) is 0 Å². The lowest BCUT2D eigenvalue weighted by Gasteiger charge is -2.33. The zero-order valence-electron chi connectivity index (χ0n) is 17.0. The zero-order chi connectivity index (χ0) is 20.7. The molecule has 158 valence electrons. The van der Waals surface area contributed by atoms with Crippen molar-refractivity contribution in [2.24, 2.45) is 0 Å². The second kappa shape index (κ2) is 12.0. The standard InChI is InChI=1S/C25H30Br3I/c26-15-7-3-1-5-13-25(14-6-2-4-8-16-27)23-17-19(28)9-11-21(23)22-12-10-20(29)18-24(22)25/h9-12,17-18H,1-8,13-16H2. The molecule has 2 aromatic carbocycles. The van der Waals surface area contributed by atoms with E-state index >= 15 is 0 Å². The van der Waals surface area contributed by atoms with E-state index in [-0.39, 0.29) is 5.41 Å². The van der Waals surface area contributed by atoms with Crippen LogP contribution in [-0.2, 0) is 5.41 Å². The normalized spacial score (nSPS) is 14.1. The van der Waals surface area contributed by atoms with Crippen LogP contribution in [0.25, 0.3) is 11.1 Å². The van der Waals surface area contributed by atoms with Crippen molar-refractivity contribution < 1.29 is 0 Å². The molecule has 0 aliphatic heterocycles. The molecule has 0 amide bonds. The van der Waals surface area contributed by atoms with Gasteiger partial charge in [0.25, 0.3) is 0 Å². The first-order chi connectivity index (χ1) is 14.1. The maximum Gasteiger partial charge on any atom is 0.0216 e. The van der Waals surface area contributed by atoms with Crippen molar-refractivity contribution in [2.45, 2.75) is 69.6 Å². The van der Waals surface area contributed by atoms with Crippen molar-refractivity contribution >= 4 is 70.4 Å². The lowest BCUT2D eigenvalue weighted by molar-refractivity contribution is 0.401. The Kier molecular flexibility index (Phi) is 10.0. The van der Waals surface area contributed by atoms with Crippen LogP contribution in [0.4, 0.5) is 0 Å². The highest BCUT2D eigenvalue weighted by atomic mass is 127. The van der Waals surface area contributed by atoms with Crippen molar-refractivity contribution in [3.63, 3.8) is 0 Å². The van der Waals surface area contributed by atoms with Crippen LogP contribution in [0.15, 0.2) is 40.9 Å². The molecule has 0 nitrogen and oxygen atoms in total. The molecule has 0 radical (unpaired) electrons. The summed E-state index contributed by atoms with van der Waals surface area (Å²) in [6.07, 6.45) is 13.1. The van der Waals surface area contributed by atoms with Crippen molar-refractivity contribution in [1.82, 2.24) is 0 Å². The quantitative estimate of drug-likeness (QED) is 0.118. The van der Waals surface area contributed by atoms with E-state index in [9.17, 15) is 0 Å². The highest BCUT2D eigenvalue weighted by Gasteiger charge is 2.42. The Bertz CT molecular complexity index is 735. The van der Waals surface area contributed by atoms with Gasteiger partial charge in [-0.1, -0.05) is 98.4 Å². The van der Waals surface area contributed by atoms with E-state index in [2.05, 4.69) is 107 Å². The molecule has 0 atom stereocenters. The summed E-state index contributed by atoms with van der Waals surface area (Å²) in [6.45, 7) is 0. The molecule has 2 aromatic rings. The van der Waals surface area contributed by atoms with Crippen LogP contribution in [0.1, 0.15) is 75.3 Å². The molecule has 3 rings (SSSR count). The largest absolute Gasteiger partial charge is 0.0928 e. The lowest BCUT2D eigenvalue weighted by Crippen LogP contribution is -2.25. The van der Waals surface area contributed by atoms with Crippen LogP contribution in [-0.4, -0.2) is 10.7 Å². The predicted octanol–water partition coefficient (Wildman–Crippen LogP) is 10.0. The summed E-state index contributed by atoms with van der Waals surface area (Å²) < 4.78 is 2.57. The summed E-state index contributed by atoms with van der Waals surface area (Å²) in [5, 5.41) is 2.26. The lowest BCUT2D eigenvalue weighted by atomic mass is 9.70. The van der Waals surface area contributed by atoms with Crippen molar-refractivity contribution in [3.8, 4) is 11.1 Å². The van der Waals surface area contributed by atoms with Gasteiger partial charge in [0.1, 0.15) is 0 Å². The molecule has 0 bridgehead atoms. The predicted molar refractivity (Wildman–Crippen MR) is 147 cm³/mol. The van der Waals surface area contributed by atoms with Gasteiger partial charge >= 0.3 is 0 Å². The fraction of sp³-hybridized carbons (Fsp3) is 0.520. The summed E-state index contributed by atoms with van der Waals surface area (Å²) in [4.78, 5) is 0. The molecule has 0 saturated carbocycles. The number of rotatable bonds is 12. The van der Waals surface area contributed by atoms with Gasteiger partial charge in [-0.15, -0.1) is 0 Å². The van der Waals surface area contributed by atoms with Crippen molar-refractivity contribution in [2.75, 3.05) is 10.7 Å². The zero-order valence-corrected chi connectivity index (χ0v) is 23.9. The molecule has 4 heteroatoms. The summed E-state index contributed by atoms with van der Waals surface area (Å²) >= 11 is 13.4. The topological polar surface area (TPSA) is 0 Å². The fourth-order valence-electron chi connectivity index (χ4n) is 4.85. The second-order valence-corrected chi connectivity index (χ2v) is 11.9. The Morgan fingerprint density at radius 2 is 1.17 bits per heavy atom. The Morgan fingerprint density at radius 1 is 0.655 bits per heavy atom. The number of hydrogen-bond acceptors (Lipinski definition) is 0. The molecule has 0 unspecified atom stereocenters. The van der Waals surface area contributed by atoms with Gasteiger partial charge in [0.05, 0.1) is 0 Å². The summed E-state index contributed by atoms with van der Waals surface area (Å²) in [6, 6.07) is 14.1. The number of fused-ring (bicyclic) bond motifs is 3. The van der Waals surface area contributed by atoms with E-state index in [1.54, 1.807) is 11.1 Å². The van der Waals surface area contributed by atoms with E-state index < -0.39 is 0 Å². The molecule has 0 saturated heterocycles. The van der Waals surface area contributed by atoms with Gasteiger partial charge in [-0.3, -0.25) is 0 Å². The van der Waals surface area contributed by atoms with Crippen LogP contribution in [0.5, 0.6) is 0 Å². The number of halogens is 4. The monoisotopic (exact) mass is 694 g/mol. The molecule has 0 fully saturated rings. The van der Waals surface area contributed by atoms with E-state index in [1.165, 1.54) is 83.4 Å². The fourth-order valence-corrected chi connectivity index (χ4v) is 6.50. The third-order valence-electron chi connectivity index (χ3n) is 6.26.